The molecule has 19 heavy (non-hydrogen) atoms. The molecular formula is C15H25BrN2S. The summed E-state index contributed by atoms with van der Waals surface area (Å²) in [4.78, 5) is 4.08. The molecule has 1 N–H and O–H groups in total. The van der Waals surface area contributed by atoms with Gasteiger partial charge in [-0.2, -0.15) is 0 Å². The number of hydrogen-bond acceptors (Lipinski definition) is 3. The molecule has 2 rings (SSSR count). The van der Waals surface area contributed by atoms with Gasteiger partial charge in [-0.25, -0.2) is 0 Å². The van der Waals surface area contributed by atoms with Crippen molar-refractivity contribution in [3.05, 3.63) is 20.8 Å². The van der Waals surface area contributed by atoms with Gasteiger partial charge in [0, 0.05) is 22.4 Å². The molecule has 0 bridgehead atoms. The number of hydrogen-bond donors (Lipinski definition) is 1. The van der Waals surface area contributed by atoms with Gasteiger partial charge in [-0.15, -0.1) is 11.3 Å². The number of nitrogens with one attached hydrogen (secondary N) is 1. The van der Waals surface area contributed by atoms with E-state index in [1.165, 1.54) is 41.8 Å². The van der Waals surface area contributed by atoms with E-state index >= 15 is 0 Å². The van der Waals surface area contributed by atoms with Crippen LogP contribution in [0.2, 0.25) is 0 Å². The van der Waals surface area contributed by atoms with Crippen molar-refractivity contribution in [1.29, 1.82) is 0 Å². The molecule has 2 heterocycles. The Bertz CT molecular complexity index is 378. The molecule has 1 atom stereocenters. The van der Waals surface area contributed by atoms with Gasteiger partial charge in [-0.05, 0) is 71.7 Å². The SMILES string of the molecule is CC(C)CNCC1CCCN(Cc2sccc2Br)C1. The van der Waals surface area contributed by atoms with Crippen LogP contribution in [-0.4, -0.2) is 31.1 Å². The smallest absolute Gasteiger partial charge is 0.0339 e. The lowest BCUT2D eigenvalue weighted by molar-refractivity contribution is 0.166. The van der Waals surface area contributed by atoms with Crippen molar-refractivity contribution < 1.29 is 0 Å². The summed E-state index contributed by atoms with van der Waals surface area (Å²) < 4.78 is 1.28. The van der Waals surface area contributed by atoms with Gasteiger partial charge >= 0.3 is 0 Å². The number of piperidine rings is 1. The Kier molecular flexibility index (Phi) is 6.33. The molecule has 1 aliphatic heterocycles. The molecule has 108 valence electrons. The highest BCUT2D eigenvalue weighted by atomic mass is 79.9. The van der Waals surface area contributed by atoms with Crippen LogP contribution in [0, 0.1) is 11.8 Å². The second-order valence-electron chi connectivity index (χ2n) is 5.99. The van der Waals surface area contributed by atoms with Gasteiger partial charge in [0.05, 0.1) is 0 Å². The Labute approximate surface area is 129 Å². The summed E-state index contributed by atoms with van der Waals surface area (Å²) in [5.74, 6) is 1.58. The Morgan fingerprint density at radius 3 is 3.05 bits per heavy atom. The molecule has 1 unspecified atom stereocenters. The first-order valence-electron chi connectivity index (χ1n) is 7.30. The predicted octanol–water partition coefficient (Wildman–Crippen LogP) is 3.97. The molecule has 1 aliphatic rings. The molecule has 2 nitrogen and oxygen atoms in total. The van der Waals surface area contributed by atoms with Crippen molar-refractivity contribution in [1.82, 2.24) is 10.2 Å². The summed E-state index contributed by atoms with van der Waals surface area (Å²) in [5, 5.41) is 5.78. The summed E-state index contributed by atoms with van der Waals surface area (Å²) in [6, 6.07) is 2.16. The van der Waals surface area contributed by atoms with Crippen molar-refractivity contribution >= 4 is 27.3 Å². The molecule has 0 radical (unpaired) electrons. The maximum Gasteiger partial charge on any atom is 0.0339 e. The quantitative estimate of drug-likeness (QED) is 0.839. The lowest BCUT2D eigenvalue weighted by Crippen LogP contribution is -2.39. The summed E-state index contributed by atoms with van der Waals surface area (Å²) in [6.45, 7) is 10.5. The molecule has 1 aromatic heterocycles. The van der Waals surface area contributed by atoms with Crippen LogP contribution in [-0.2, 0) is 6.54 Å². The van der Waals surface area contributed by atoms with E-state index in [9.17, 15) is 0 Å². The molecule has 0 spiro atoms. The highest BCUT2D eigenvalue weighted by molar-refractivity contribution is 9.10. The first kappa shape index (κ1) is 15.5. The Morgan fingerprint density at radius 1 is 1.53 bits per heavy atom. The third-order valence-corrected chi connectivity index (χ3v) is 5.56. The van der Waals surface area contributed by atoms with E-state index < -0.39 is 0 Å². The van der Waals surface area contributed by atoms with Crippen molar-refractivity contribution in [2.75, 3.05) is 26.2 Å². The van der Waals surface area contributed by atoms with Gasteiger partial charge in [-0.3, -0.25) is 4.90 Å². The largest absolute Gasteiger partial charge is 0.316 e. The lowest BCUT2D eigenvalue weighted by Gasteiger charge is -2.32. The Hall–Kier alpha value is 0.100. The monoisotopic (exact) mass is 344 g/mol. The minimum absolute atomic E-state index is 0.752. The molecule has 0 saturated carbocycles. The van der Waals surface area contributed by atoms with E-state index in [1.54, 1.807) is 0 Å². The zero-order valence-corrected chi connectivity index (χ0v) is 14.4. The highest BCUT2D eigenvalue weighted by Gasteiger charge is 2.20. The first-order valence-corrected chi connectivity index (χ1v) is 8.97. The second kappa shape index (κ2) is 7.77. The van der Waals surface area contributed by atoms with Crippen molar-refractivity contribution in [3.63, 3.8) is 0 Å². The average molecular weight is 345 g/mol. The zero-order valence-electron chi connectivity index (χ0n) is 12.0. The van der Waals surface area contributed by atoms with E-state index in [0.29, 0.717) is 0 Å². The van der Waals surface area contributed by atoms with Crippen LogP contribution in [0.3, 0.4) is 0 Å². The zero-order chi connectivity index (χ0) is 13.7. The summed E-state index contributed by atoms with van der Waals surface area (Å²) >= 11 is 5.50. The number of thiophene rings is 1. The standard InChI is InChI=1S/C15H25BrN2S/c1-12(2)8-17-9-13-4-3-6-18(10-13)11-15-14(16)5-7-19-15/h5,7,12-13,17H,3-4,6,8-11H2,1-2H3. The molecule has 1 saturated heterocycles. The van der Waals surface area contributed by atoms with Crippen LogP contribution in [0.15, 0.2) is 15.9 Å². The average Bonchev–Trinajstić information content (AvgIpc) is 2.75. The van der Waals surface area contributed by atoms with E-state index in [2.05, 4.69) is 51.4 Å². The van der Waals surface area contributed by atoms with Crippen LogP contribution < -0.4 is 5.32 Å². The number of likely N-dealkylation sites (tertiary alicyclic amines) is 1. The van der Waals surface area contributed by atoms with Crippen molar-refractivity contribution in [2.45, 2.75) is 33.2 Å². The lowest BCUT2D eigenvalue weighted by atomic mass is 9.98. The van der Waals surface area contributed by atoms with Crippen LogP contribution >= 0.6 is 27.3 Å². The van der Waals surface area contributed by atoms with Gasteiger partial charge in [0.15, 0.2) is 0 Å². The van der Waals surface area contributed by atoms with Gasteiger partial charge < -0.3 is 5.32 Å². The maximum absolute atomic E-state index is 3.64. The van der Waals surface area contributed by atoms with E-state index in [-0.39, 0.29) is 0 Å². The van der Waals surface area contributed by atoms with Gasteiger partial charge in [0.25, 0.3) is 0 Å². The predicted molar refractivity (Wildman–Crippen MR) is 87.7 cm³/mol. The molecule has 0 amide bonds. The minimum Gasteiger partial charge on any atom is -0.316 e. The topological polar surface area (TPSA) is 15.3 Å². The molecule has 0 aliphatic carbocycles. The van der Waals surface area contributed by atoms with Gasteiger partial charge in [0.1, 0.15) is 0 Å². The fourth-order valence-electron chi connectivity index (χ4n) is 2.68. The van der Waals surface area contributed by atoms with Gasteiger partial charge in [-0.1, -0.05) is 13.8 Å². The van der Waals surface area contributed by atoms with Crippen molar-refractivity contribution in [3.8, 4) is 0 Å². The van der Waals surface area contributed by atoms with Crippen LogP contribution in [0.25, 0.3) is 0 Å². The number of nitrogens with zero attached hydrogens (tertiary/aromatic N) is 1. The van der Waals surface area contributed by atoms with Crippen LogP contribution in [0.4, 0.5) is 0 Å². The summed E-state index contributed by atoms with van der Waals surface area (Å²) in [5.41, 5.74) is 0. The number of halogens is 1. The van der Waals surface area contributed by atoms with Gasteiger partial charge in [0.2, 0.25) is 0 Å². The third-order valence-electron chi connectivity index (χ3n) is 3.65. The summed E-state index contributed by atoms with van der Waals surface area (Å²) in [7, 11) is 0. The van der Waals surface area contributed by atoms with Crippen LogP contribution in [0.1, 0.15) is 31.6 Å². The molecule has 1 fully saturated rings. The van der Waals surface area contributed by atoms with Crippen LogP contribution in [0.5, 0.6) is 0 Å². The Balaban J connectivity index is 1.75. The number of rotatable bonds is 6. The summed E-state index contributed by atoms with van der Waals surface area (Å²) in [6.07, 6.45) is 2.73. The van der Waals surface area contributed by atoms with E-state index in [1.807, 2.05) is 11.3 Å². The fourth-order valence-corrected chi connectivity index (χ4v) is 4.20. The second-order valence-corrected chi connectivity index (χ2v) is 7.84. The Morgan fingerprint density at radius 2 is 2.37 bits per heavy atom. The first-order chi connectivity index (χ1) is 9.15. The van der Waals surface area contributed by atoms with Crippen molar-refractivity contribution in [2.24, 2.45) is 11.8 Å². The minimum atomic E-state index is 0.752. The van der Waals surface area contributed by atoms with E-state index in [4.69, 9.17) is 0 Å². The molecule has 1 aromatic rings. The maximum atomic E-state index is 3.64. The molecule has 4 heteroatoms. The third kappa shape index (κ3) is 5.18. The fraction of sp³-hybridized carbons (Fsp3) is 0.733. The molecule has 0 aromatic carbocycles. The normalized spacial score (nSPS) is 21.2. The highest BCUT2D eigenvalue weighted by Crippen LogP contribution is 2.26. The van der Waals surface area contributed by atoms with E-state index in [0.717, 1.165) is 24.9 Å². The molecular weight excluding hydrogens is 320 g/mol.